The molecule has 2 heterocycles. The van der Waals surface area contributed by atoms with Crippen molar-refractivity contribution < 1.29 is 14.1 Å². The fraction of sp³-hybridized carbons (Fsp3) is 0.250. The highest BCUT2D eigenvalue weighted by Crippen LogP contribution is 2.18. The summed E-state index contributed by atoms with van der Waals surface area (Å²) >= 11 is 0. The van der Waals surface area contributed by atoms with Crippen LogP contribution in [0, 0.1) is 15.9 Å². The van der Waals surface area contributed by atoms with Crippen molar-refractivity contribution in [3.05, 3.63) is 64.1 Å². The maximum absolute atomic E-state index is 12.9. The molecule has 1 fully saturated rings. The van der Waals surface area contributed by atoms with Crippen LogP contribution in [-0.4, -0.2) is 39.8 Å². The van der Waals surface area contributed by atoms with E-state index in [-0.39, 0.29) is 23.5 Å². The first kappa shape index (κ1) is 15.9. The Kier molecular flexibility index (Phi) is 4.37. The molecule has 0 spiro atoms. The molecule has 1 amide bonds. The van der Waals surface area contributed by atoms with Gasteiger partial charge in [0.15, 0.2) is 0 Å². The maximum atomic E-state index is 12.9. The zero-order valence-corrected chi connectivity index (χ0v) is 12.7. The number of hydrogen-bond acceptors (Lipinski definition) is 5. The molecular weight excluding hydrogens is 315 g/mol. The van der Waals surface area contributed by atoms with Gasteiger partial charge in [0.1, 0.15) is 17.8 Å². The molecule has 1 aliphatic rings. The number of pyridine rings is 1. The summed E-state index contributed by atoms with van der Waals surface area (Å²) < 4.78 is 12.9. The maximum Gasteiger partial charge on any atom is 0.287 e. The second kappa shape index (κ2) is 6.61. The molecule has 1 aliphatic heterocycles. The fourth-order valence-corrected chi connectivity index (χ4v) is 2.63. The summed E-state index contributed by atoms with van der Waals surface area (Å²) in [6.45, 7) is 1.08. The summed E-state index contributed by atoms with van der Waals surface area (Å²) in [7, 11) is 0. The van der Waals surface area contributed by atoms with Crippen LogP contribution in [0.5, 0.6) is 0 Å². The summed E-state index contributed by atoms with van der Waals surface area (Å²) in [6, 6.07) is 8.41. The number of carbonyl (C=O) groups excluding carboxylic acids is 1. The van der Waals surface area contributed by atoms with Gasteiger partial charge < -0.3 is 10.2 Å². The topological polar surface area (TPSA) is 88.4 Å². The summed E-state index contributed by atoms with van der Waals surface area (Å²) in [5.74, 6) is 0.00870. The Morgan fingerprint density at radius 2 is 2.04 bits per heavy atom. The van der Waals surface area contributed by atoms with Gasteiger partial charge in [-0.3, -0.25) is 14.9 Å². The summed E-state index contributed by atoms with van der Waals surface area (Å²) in [5, 5.41) is 13.8. The number of aromatic nitrogens is 1. The second-order valence-corrected chi connectivity index (χ2v) is 5.55. The van der Waals surface area contributed by atoms with E-state index >= 15 is 0 Å². The van der Waals surface area contributed by atoms with Crippen molar-refractivity contribution in [1.82, 2.24) is 9.88 Å². The van der Waals surface area contributed by atoms with E-state index < -0.39 is 4.92 Å². The zero-order chi connectivity index (χ0) is 17.1. The number of nitrogens with zero attached hydrogens (tertiary/aromatic N) is 3. The van der Waals surface area contributed by atoms with E-state index in [0.717, 1.165) is 6.42 Å². The number of nitrogens with one attached hydrogen (secondary N) is 1. The number of hydrogen-bond donors (Lipinski definition) is 1. The first-order chi connectivity index (χ1) is 11.5. The minimum atomic E-state index is -0.505. The van der Waals surface area contributed by atoms with E-state index in [1.807, 2.05) is 0 Å². The molecule has 7 nitrogen and oxygen atoms in total. The van der Waals surface area contributed by atoms with Crippen molar-refractivity contribution in [2.24, 2.45) is 0 Å². The number of rotatable bonds is 4. The predicted molar refractivity (Wildman–Crippen MR) is 85.2 cm³/mol. The Bertz CT molecular complexity index is 749. The molecule has 1 N–H and O–H groups in total. The Balaban J connectivity index is 1.59. The number of amides is 1. The summed E-state index contributed by atoms with van der Waals surface area (Å²) in [6.07, 6.45) is 1.93. The lowest BCUT2D eigenvalue weighted by atomic mass is 10.2. The van der Waals surface area contributed by atoms with Crippen molar-refractivity contribution in [2.45, 2.75) is 12.5 Å². The van der Waals surface area contributed by atoms with Gasteiger partial charge in [0, 0.05) is 30.8 Å². The number of nitro groups is 1. The monoisotopic (exact) mass is 330 g/mol. The quantitative estimate of drug-likeness (QED) is 0.687. The standard InChI is InChI=1S/C16H15FN4O3/c17-12-3-1-11(2-4-12)16(22)20-8-7-13(10-20)19-15-6-5-14(9-18-15)21(23)24/h1-6,9,13H,7-8,10H2,(H,18,19)/t13-/m0/s1. The number of likely N-dealkylation sites (tertiary alicyclic amines) is 1. The van der Waals surface area contributed by atoms with Gasteiger partial charge in [-0.25, -0.2) is 9.37 Å². The van der Waals surface area contributed by atoms with Gasteiger partial charge in [0.05, 0.1) is 4.92 Å². The van der Waals surface area contributed by atoms with Gasteiger partial charge in [-0.1, -0.05) is 0 Å². The lowest BCUT2D eigenvalue weighted by Crippen LogP contribution is -2.31. The molecule has 0 aliphatic carbocycles. The fourth-order valence-electron chi connectivity index (χ4n) is 2.63. The molecule has 8 heteroatoms. The van der Waals surface area contributed by atoms with Gasteiger partial charge in [-0.15, -0.1) is 0 Å². The molecule has 1 saturated heterocycles. The van der Waals surface area contributed by atoms with Crippen molar-refractivity contribution in [3.63, 3.8) is 0 Å². The van der Waals surface area contributed by atoms with E-state index in [2.05, 4.69) is 10.3 Å². The molecule has 1 aromatic carbocycles. The second-order valence-electron chi connectivity index (χ2n) is 5.55. The van der Waals surface area contributed by atoms with Crippen molar-refractivity contribution in [1.29, 1.82) is 0 Å². The molecule has 124 valence electrons. The molecular formula is C16H15FN4O3. The van der Waals surface area contributed by atoms with Gasteiger partial charge in [0.25, 0.3) is 11.6 Å². The minimum Gasteiger partial charge on any atom is -0.365 e. The smallest absolute Gasteiger partial charge is 0.287 e. The van der Waals surface area contributed by atoms with Crippen LogP contribution in [0.2, 0.25) is 0 Å². The Hall–Kier alpha value is -3.03. The highest BCUT2D eigenvalue weighted by Gasteiger charge is 2.27. The Labute approximate surface area is 137 Å². The van der Waals surface area contributed by atoms with Crippen LogP contribution in [0.1, 0.15) is 16.8 Å². The number of anilines is 1. The Morgan fingerprint density at radius 1 is 1.29 bits per heavy atom. The van der Waals surface area contributed by atoms with E-state index in [1.54, 1.807) is 11.0 Å². The first-order valence-corrected chi connectivity index (χ1v) is 7.45. The first-order valence-electron chi connectivity index (χ1n) is 7.45. The summed E-state index contributed by atoms with van der Waals surface area (Å²) in [4.78, 5) is 28.2. The number of benzene rings is 1. The predicted octanol–water partition coefficient (Wildman–Crippen LogP) is 2.46. The summed E-state index contributed by atoms with van der Waals surface area (Å²) in [5.41, 5.74) is 0.380. The third-order valence-electron chi connectivity index (χ3n) is 3.88. The van der Waals surface area contributed by atoms with Crippen molar-refractivity contribution in [2.75, 3.05) is 18.4 Å². The van der Waals surface area contributed by atoms with Gasteiger partial charge in [-0.2, -0.15) is 0 Å². The van der Waals surface area contributed by atoms with Crippen molar-refractivity contribution in [3.8, 4) is 0 Å². The van der Waals surface area contributed by atoms with Gasteiger partial charge >= 0.3 is 0 Å². The zero-order valence-electron chi connectivity index (χ0n) is 12.7. The molecule has 0 bridgehead atoms. The van der Waals surface area contributed by atoms with Gasteiger partial charge in [-0.05, 0) is 36.8 Å². The van der Waals surface area contributed by atoms with Crippen LogP contribution in [0.3, 0.4) is 0 Å². The number of carbonyl (C=O) groups is 1. The third kappa shape index (κ3) is 3.48. The average molecular weight is 330 g/mol. The van der Waals surface area contributed by atoms with E-state index in [9.17, 15) is 19.3 Å². The Morgan fingerprint density at radius 3 is 2.67 bits per heavy atom. The van der Waals surface area contributed by atoms with Gasteiger partial charge in [0.2, 0.25) is 0 Å². The van der Waals surface area contributed by atoms with E-state index in [1.165, 1.54) is 36.5 Å². The molecule has 0 saturated carbocycles. The molecule has 0 radical (unpaired) electrons. The molecule has 1 aromatic heterocycles. The highest BCUT2D eigenvalue weighted by molar-refractivity contribution is 5.94. The minimum absolute atomic E-state index is 0.0170. The van der Waals surface area contributed by atoms with E-state index in [4.69, 9.17) is 0 Å². The van der Waals surface area contributed by atoms with Crippen LogP contribution in [0.4, 0.5) is 15.9 Å². The molecule has 1 atom stereocenters. The van der Waals surface area contributed by atoms with Crippen LogP contribution < -0.4 is 5.32 Å². The highest BCUT2D eigenvalue weighted by atomic mass is 19.1. The molecule has 3 rings (SSSR count). The lowest BCUT2D eigenvalue weighted by molar-refractivity contribution is -0.385. The van der Waals surface area contributed by atoms with Crippen LogP contribution in [0.15, 0.2) is 42.6 Å². The SMILES string of the molecule is O=C(c1ccc(F)cc1)N1CC[C@H](Nc2ccc([N+](=O)[O-])cn2)C1. The van der Waals surface area contributed by atoms with E-state index in [0.29, 0.717) is 24.5 Å². The van der Waals surface area contributed by atoms with Crippen LogP contribution >= 0.6 is 0 Å². The van der Waals surface area contributed by atoms with Crippen molar-refractivity contribution >= 4 is 17.4 Å². The van der Waals surface area contributed by atoms with Crippen LogP contribution in [0.25, 0.3) is 0 Å². The normalized spacial score (nSPS) is 16.9. The largest absolute Gasteiger partial charge is 0.365 e. The van der Waals surface area contributed by atoms with Crippen LogP contribution in [-0.2, 0) is 0 Å². The molecule has 24 heavy (non-hydrogen) atoms. The molecule has 0 unspecified atom stereocenters. The lowest BCUT2D eigenvalue weighted by Gasteiger charge is -2.17. The molecule has 2 aromatic rings. The average Bonchev–Trinajstić information content (AvgIpc) is 3.04. The number of halogens is 1. The third-order valence-corrected chi connectivity index (χ3v) is 3.88.